The maximum atomic E-state index is 13.7. The number of fused-ring (bicyclic) bond motifs is 1. The van der Waals surface area contributed by atoms with Crippen molar-refractivity contribution < 1.29 is 36.2 Å². The molecule has 12 heteroatoms. The molecule has 0 aromatic heterocycles. The number of nitrogens with one attached hydrogen (secondary N) is 2. The van der Waals surface area contributed by atoms with Crippen molar-refractivity contribution in [2.45, 2.75) is 80.3 Å². The molecule has 2 heterocycles. The molecule has 0 bridgehead atoms. The van der Waals surface area contributed by atoms with Crippen molar-refractivity contribution in [3.63, 3.8) is 0 Å². The highest BCUT2D eigenvalue weighted by molar-refractivity contribution is 7.92. The molecule has 2 aromatic carbocycles. The Balaban J connectivity index is 1.31. The van der Waals surface area contributed by atoms with Gasteiger partial charge in [-0.2, -0.15) is 13.2 Å². The van der Waals surface area contributed by atoms with Gasteiger partial charge in [-0.15, -0.1) is 0 Å². The van der Waals surface area contributed by atoms with Gasteiger partial charge in [0, 0.05) is 73.8 Å². The van der Waals surface area contributed by atoms with E-state index in [9.17, 15) is 26.7 Å². The monoisotopic (exact) mass is 715 g/mol. The third-order valence-corrected chi connectivity index (χ3v) is 12.2. The number of benzene rings is 2. The molecule has 1 aliphatic carbocycles. The number of hydrogen-bond donors (Lipinski definition) is 3. The van der Waals surface area contributed by atoms with Crippen LogP contribution in [0, 0.1) is 17.8 Å². The minimum absolute atomic E-state index is 0.0268. The first-order valence-electron chi connectivity index (χ1n) is 17.3. The van der Waals surface area contributed by atoms with Gasteiger partial charge in [0.25, 0.3) is 0 Å². The van der Waals surface area contributed by atoms with E-state index in [2.05, 4.69) is 34.0 Å². The molecule has 2 aliphatic heterocycles. The van der Waals surface area contributed by atoms with Gasteiger partial charge in [-0.05, 0) is 75.3 Å². The van der Waals surface area contributed by atoms with Gasteiger partial charge in [0.15, 0.2) is 9.84 Å². The van der Waals surface area contributed by atoms with Crippen LogP contribution in [0.3, 0.4) is 0 Å². The number of methoxy groups -OCH3 is 1. The van der Waals surface area contributed by atoms with Crippen LogP contribution >= 0.6 is 0 Å². The average Bonchev–Trinajstić information content (AvgIpc) is 3.09. The quantitative estimate of drug-likeness (QED) is 0.170. The lowest BCUT2D eigenvalue weighted by Gasteiger charge is -2.39. The van der Waals surface area contributed by atoms with Gasteiger partial charge in [0.05, 0.1) is 35.9 Å². The number of aliphatic hydroxyl groups is 1. The standard InChI is InChI=1S/C38H48F3N3O5S/c1-26(2)37(13-19-45)50(46,47)32-9-10-35(36(24-32)48-3)42-16-5-7-27-23-33-28(22-29(27)25-38(39,40)41)6-4-8-34(33)43-30-11-17-44(18-12-30)31-14-20-49-21-15-31/h4,6,8-10,23-24,29-31,37,42-43,45H,1,11-22,25H2,2-3H3/t29?,37-/m0/s1. The molecule has 8 nitrogen and oxygen atoms in total. The number of anilines is 2. The number of ether oxygens (including phenoxy) is 2. The topological polar surface area (TPSA) is 100 Å². The molecule has 2 fully saturated rings. The Bertz CT molecular complexity index is 1700. The Labute approximate surface area is 294 Å². The molecule has 3 aliphatic rings. The van der Waals surface area contributed by atoms with E-state index in [-0.39, 0.29) is 42.7 Å². The summed E-state index contributed by atoms with van der Waals surface area (Å²) < 4.78 is 78.6. The Morgan fingerprint density at radius 3 is 2.54 bits per heavy atom. The van der Waals surface area contributed by atoms with E-state index in [1.165, 1.54) is 19.2 Å². The molecule has 0 spiro atoms. The molecular formula is C38H48F3N3O5S. The smallest absolute Gasteiger partial charge is 0.389 e. The third kappa shape index (κ3) is 9.43. The molecule has 5 rings (SSSR count). The number of hydrogen-bond acceptors (Lipinski definition) is 8. The van der Waals surface area contributed by atoms with E-state index in [4.69, 9.17) is 9.47 Å². The van der Waals surface area contributed by atoms with Crippen LogP contribution in [0.25, 0.3) is 6.08 Å². The summed E-state index contributed by atoms with van der Waals surface area (Å²) in [6, 6.07) is 11.1. The van der Waals surface area contributed by atoms with Gasteiger partial charge in [0.2, 0.25) is 0 Å². The molecule has 1 unspecified atom stereocenters. The molecule has 3 N–H and O–H groups in total. The highest BCUT2D eigenvalue weighted by Gasteiger charge is 2.36. The SMILES string of the molecule is C=C(C)[C@H](CCO)S(=O)(=O)c1ccc(NCC#CC2=Cc3c(cccc3NC3CCN(C4CCOCC4)CC3)CC2CC(F)(F)F)c(OC)c1. The Morgan fingerprint density at radius 1 is 1.14 bits per heavy atom. The maximum absolute atomic E-state index is 13.7. The highest BCUT2D eigenvalue weighted by atomic mass is 32.2. The minimum atomic E-state index is -4.34. The summed E-state index contributed by atoms with van der Waals surface area (Å²) in [5.74, 6) is 5.49. The van der Waals surface area contributed by atoms with Crippen LogP contribution in [0.4, 0.5) is 24.5 Å². The maximum Gasteiger partial charge on any atom is 0.389 e. The fourth-order valence-corrected chi connectivity index (χ4v) is 9.05. The average molecular weight is 716 g/mol. The molecule has 50 heavy (non-hydrogen) atoms. The van der Waals surface area contributed by atoms with E-state index in [0.29, 0.717) is 22.9 Å². The summed E-state index contributed by atoms with van der Waals surface area (Å²) in [4.78, 5) is 2.59. The molecule has 0 amide bonds. The number of rotatable bonds is 12. The Kier molecular flexibility index (Phi) is 12.6. The lowest BCUT2D eigenvalue weighted by atomic mass is 9.81. The van der Waals surface area contributed by atoms with Crippen LogP contribution in [0.1, 0.15) is 56.6 Å². The largest absolute Gasteiger partial charge is 0.495 e. The molecule has 272 valence electrons. The number of alkyl halides is 3. The van der Waals surface area contributed by atoms with Crippen LogP contribution in [0.2, 0.25) is 0 Å². The van der Waals surface area contributed by atoms with Gasteiger partial charge in [-0.3, -0.25) is 0 Å². The van der Waals surface area contributed by atoms with Crippen molar-refractivity contribution in [2.75, 3.05) is 57.2 Å². The summed E-state index contributed by atoms with van der Waals surface area (Å²) in [5.41, 5.74) is 4.03. The summed E-state index contributed by atoms with van der Waals surface area (Å²) >= 11 is 0. The Hall–Kier alpha value is -3.50. The van der Waals surface area contributed by atoms with Crippen LogP contribution in [0.15, 0.2) is 59.0 Å². The molecule has 0 radical (unpaired) electrons. The normalized spacial score (nSPS) is 19.8. The van der Waals surface area contributed by atoms with Crippen molar-refractivity contribution in [3.05, 3.63) is 65.3 Å². The minimum Gasteiger partial charge on any atom is -0.495 e. The number of sulfone groups is 1. The van der Waals surface area contributed by atoms with Crippen molar-refractivity contribution in [1.82, 2.24) is 4.90 Å². The lowest BCUT2D eigenvalue weighted by Crippen LogP contribution is -2.46. The van der Waals surface area contributed by atoms with E-state index in [1.807, 2.05) is 24.3 Å². The van der Waals surface area contributed by atoms with Gasteiger partial charge in [-0.1, -0.05) is 36.1 Å². The van der Waals surface area contributed by atoms with Crippen LogP contribution in [0.5, 0.6) is 5.75 Å². The zero-order valence-corrected chi connectivity index (χ0v) is 29.6. The highest BCUT2D eigenvalue weighted by Crippen LogP contribution is 2.39. The van der Waals surface area contributed by atoms with Crippen LogP contribution in [-0.4, -0.2) is 88.5 Å². The molecule has 2 saturated heterocycles. The fourth-order valence-electron chi connectivity index (χ4n) is 7.24. The van der Waals surface area contributed by atoms with E-state index in [0.717, 1.165) is 68.8 Å². The summed E-state index contributed by atoms with van der Waals surface area (Å²) in [7, 11) is -2.41. The van der Waals surface area contributed by atoms with E-state index in [1.54, 1.807) is 13.0 Å². The van der Waals surface area contributed by atoms with E-state index >= 15 is 0 Å². The summed E-state index contributed by atoms with van der Waals surface area (Å²) in [6.07, 6.45) is 0.900. The molecule has 0 saturated carbocycles. The van der Waals surface area contributed by atoms with Crippen molar-refractivity contribution in [3.8, 4) is 17.6 Å². The van der Waals surface area contributed by atoms with Crippen LogP contribution in [-0.2, 0) is 21.0 Å². The first-order chi connectivity index (χ1) is 23.9. The predicted molar refractivity (Wildman–Crippen MR) is 191 cm³/mol. The predicted octanol–water partition coefficient (Wildman–Crippen LogP) is 6.47. The van der Waals surface area contributed by atoms with Gasteiger partial charge in [0.1, 0.15) is 5.75 Å². The fraction of sp³-hybridized carbons (Fsp3) is 0.526. The number of halogens is 3. The lowest BCUT2D eigenvalue weighted by molar-refractivity contribution is -0.141. The number of piperidine rings is 1. The zero-order chi connectivity index (χ0) is 35.9. The molecule has 2 atom stereocenters. The number of nitrogens with zero attached hydrogens (tertiary/aromatic N) is 1. The number of allylic oxidation sites excluding steroid dienone is 1. The van der Waals surface area contributed by atoms with E-state index < -0.39 is 33.6 Å². The van der Waals surface area contributed by atoms with Gasteiger partial charge < -0.3 is 30.1 Å². The number of likely N-dealkylation sites (tertiary alicyclic amines) is 1. The second-order valence-corrected chi connectivity index (χ2v) is 15.5. The first kappa shape index (κ1) is 37.7. The summed E-state index contributed by atoms with van der Waals surface area (Å²) in [5, 5.41) is 15.3. The number of aliphatic hydroxyl groups excluding tert-OH is 1. The van der Waals surface area contributed by atoms with Crippen molar-refractivity contribution in [2.24, 2.45) is 5.92 Å². The molecular weight excluding hydrogens is 667 g/mol. The zero-order valence-electron chi connectivity index (χ0n) is 28.8. The second-order valence-electron chi connectivity index (χ2n) is 13.4. The Morgan fingerprint density at radius 2 is 1.88 bits per heavy atom. The third-order valence-electron chi connectivity index (χ3n) is 9.89. The van der Waals surface area contributed by atoms with Gasteiger partial charge in [-0.25, -0.2) is 8.42 Å². The molecule has 2 aromatic rings. The summed E-state index contributed by atoms with van der Waals surface area (Å²) in [6.45, 7) is 8.83. The first-order valence-corrected chi connectivity index (χ1v) is 18.8. The van der Waals surface area contributed by atoms with Crippen molar-refractivity contribution >= 4 is 27.3 Å². The van der Waals surface area contributed by atoms with Crippen molar-refractivity contribution in [1.29, 1.82) is 0 Å². The van der Waals surface area contributed by atoms with Gasteiger partial charge >= 0.3 is 6.18 Å². The second kappa shape index (κ2) is 16.7. The van der Waals surface area contributed by atoms with Crippen LogP contribution < -0.4 is 15.4 Å².